The van der Waals surface area contributed by atoms with E-state index in [9.17, 15) is 0 Å². The van der Waals surface area contributed by atoms with Crippen molar-refractivity contribution in [1.29, 1.82) is 0 Å². The van der Waals surface area contributed by atoms with Crippen molar-refractivity contribution in [2.75, 3.05) is 14.1 Å². The summed E-state index contributed by atoms with van der Waals surface area (Å²) < 4.78 is 2.28. The minimum atomic E-state index is -0.0172. The monoisotopic (exact) mass is 288 g/mol. The van der Waals surface area contributed by atoms with Gasteiger partial charge in [-0.25, -0.2) is 4.98 Å². The van der Waals surface area contributed by atoms with E-state index in [1.54, 1.807) is 0 Å². The summed E-state index contributed by atoms with van der Waals surface area (Å²) in [5.74, 6) is 1.09. The first-order valence-electron chi connectivity index (χ1n) is 7.81. The molecule has 2 unspecified atom stereocenters. The summed E-state index contributed by atoms with van der Waals surface area (Å²) in [5.41, 5.74) is 8.79. The summed E-state index contributed by atoms with van der Waals surface area (Å²) in [6.07, 6.45) is 1.82. The Morgan fingerprint density at radius 1 is 1.29 bits per heavy atom. The Kier molecular flexibility index (Phi) is 4.69. The Labute approximate surface area is 128 Å². The molecular formula is C17H28N4. The van der Waals surface area contributed by atoms with Crippen LogP contribution in [0.15, 0.2) is 24.3 Å². The lowest BCUT2D eigenvalue weighted by Crippen LogP contribution is -2.56. The molecule has 0 aliphatic heterocycles. The fraction of sp³-hybridized carbons (Fsp3) is 0.588. The lowest BCUT2D eigenvalue weighted by Gasteiger charge is -2.40. The molecule has 0 saturated carbocycles. The Morgan fingerprint density at radius 3 is 2.52 bits per heavy atom. The topological polar surface area (TPSA) is 47.1 Å². The molecule has 0 fully saturated rings. The lowest BCUT2D eigenvalue weighted by molar-refractivity contribution is 0.130. The van der Waals surface area contributed by atoms with Gasteiger partial charge >= 0.3 is 0 Å². The van der Waals surface area contributed by atoms with Crippen LogP contribution in [0.2, 0.25) is 0 Å². The van der Waals surface area contributed by atoms with E-state index >= 15 is 0 Å². The third-order valence-corrected chi connectivity index (χ3v) is 4.99. The van der Waals surface area contributed by atoms with E-state index in [2.05, 4.69) is 62.5 Å². The van der Waals surface area contributed by atoms with Gasteiger partial charge in [-0.15, -0.1) is 0 Å². The predicted octanol–water partition coefficient (Wildman–Crippen LogP) is 2.66. The zero-order chi connectivity index (χ0) is 15.6. The van der Waals surface area contributed by atoms with Crippen LogP contribution < -0.4 is 5.73 Å². The molecule has 1 aromatic carbocycles. The van der Waals surface area contributed by atoms with Crippen LogP contribution in [0.3, 0.4) is 0 Å². The van der Waals surface area contributed by atoms with Gasteiger partial charge in [0.1, 0.15) is 5.82 Å². The van der Waals surface area contributed by atoms with Gasteiger partial charge in [-0.05, 0) is 46.5 Å². The molecule has 0 bridgehead atoms. The molecule has 2 N–H and O–H groups in total. The Hall–Kier alpha value is -1.39. The summed E-state index contributed by atoms with van der Waals surface area (Å²) in [6, 6.07) is 8.36. The van der Waals surface area contributed by atoms with E-state index in [1.165, 1.54) is 5.52 Å². The van der Waals surface area contributed by atoms with E-state index in [-0.39, 0.29) is 11.6 Å². The molecule has 0 aliphatic carbocycles. The SMILES string of the molecule is CCn1c(CC(N)C(C)(CC)N(C)C)nc2ccccc21. The number of rotatable bonds is 6. The Balaban J connectivity index is 2.35. The number of hydrogen-bond donors (Lipinski definition) is 1. The third-order valence-electron chi connectivity index (χ3n) is 4.99. The number of hydrogen-bond acceptors (Lipinski definition) is 3. The highest BCUT2D eigenvalue weighted by atomic mass is 15.2. The van der Waals surface area contributed by atoms with E-state index in [0.29, 0.717) is 0 Å². The molecule has 2 aromatic rings. The van der Waals surface area contributed by atoms with Crippen LogP contribution in [0.4, 0.5) is 0 Å². The molecule has 2 rings (SSSR count). The molecule has 1 heterocycles. The van der Waals surface area contributed by atoms with Crippen molar-refractivity contribution in [2.45, 2.75) is 51.7 Å². The van der Waals surface area contributed by atoms with Crippen LogP contribution in [0.25, 0.3) is 11.0 Å². The minimum absolute atomic E-state index is 0.0172. The molecule has 4 heteroatoms. The minimum Gasteiger partial charge on any atom is -0.328 e. The molecule has 0 radical (unpaired) electrons. The van der Waals surface area contributed by atoms with Gasteiger partial charge in [-0.2, -0.15) is 0 Å². The zero-order valence-electron chi connectivity index (χ0n) is 13.9. The molecule has 116 valence electrons. The van der Waals surface area contributed by atoms with Crippen molar-refractivity contribution in [1.82, 2.24) is 14.5 Å². The van der Waals surface area contributed by atoms with Gasteiger partial charge in [0, 0.05) is 24.5 Å². The first-order valence-corrected chi connectivity index (χ1v) is 7.81. The zero-order valence-corrected chi connectivity index (χ0v) is 13.9. The average molecular weight is 288 g/mol. The van der Waals surface area contributed by atoms with Gasteiger partial charge < -0.3 is 15.2 Å². The van der Waals surface area contributed by atoms with Crippen LogP contribution in [-0.4, -0.2) is 40.1 Å². The molecule has 0 amide bonds. The second-order valence-corrected chi connectivity index (χ2v) is 6.18. The summed E-state index contributed by atoms with van der Waals surface area (Å²) >= 11 is 0. The summed E-state index contributed by atoms with van der Waals surface area (Å²) in [6.45, 7) is 7.51. The van der Waals surface area contributed by atoms with Gasteiger partial charge in [0.2, 0.25) is 0 Å². The highest BCUT2D eigenvalue weighted by molar-refractivity contribution is 5.75. The number of nitrogens with two attached hydrogens (primary N) is 1. The van der Waals surface area contributed by atoms with E-state index < -0.39 is 0 Å². The van der Waals surface area contributed by atoms with Crippen LogP contribution in [-0.2, 0) is 13.0 Å². The predicted molar refractivity (Wildman–Crippen MR) is 89.5 cm³/mol. The maximum absolute atomic E-state index is 6.55. The van der Waals surface area contributed by atoms with Crippen molar-refractivity contribution in [2.24, 2.45) is 5.73 Å². The average Bonchev–Trinajstić information content (AvgIpc) is 2.82. The largest absolute Gasteiger partial charge is 0.328 e. The highest BCUT2D eigenvalue weighted by Crippen LogP contribution is 2.24. The molecule has 0 spiro atoms. The number of nitrogens with zero attached hydrogens (tertiary/aromatic N) is 3. The van der Waals surface area contributed by atoms with Crippen LogP contribution >= 0.6 is 0 Å². The smallest absolute Gasteiger partial charge is 0.111 e. The van der Waals surface area contributed by atoms with Gasteiger partial charge in [0.25, 0.3) is 0 Å². The molecule has 2 atom stereocenters. The second kappa shape index (κ2) is 6.16. The van der Waals surface area contributed by atoms with Crippen LogP contribution in [0.5, 0.6) is 0 Å². The van der Waals surface area contributed by atoms with Crippen molar-refractivity contribution >= 4 is 11.0 Å². The molecular weight excluding hydrogens is 260 g/mol. The number of fused-ring (bicyclic) bond motifs is 1. The van der Waals surface area contributed by atoms with E-state index in [0.717, 1.165) is 30.7 Å². The first kappa shape index (κ1) is 16.0. The number of benzene rings is 1. The lowest BCUT2D eigenvalue weighted by atomic mass is 9.86. The molecule has 0 aliphatic rings. The number of para-hydroxylation sites is 2. The highest BCUT2D eigenvalue weighted by Gasteiger charge is 2.33. The summed E-state index contributed by atoms with van der Waals surface area (Å²) in [5, 5.41) is 0. The van der Waals surface area contributed by atoms with Crippen LogP contribution in [0, 0.1) is 0 Å². The van der Waals surface area contributed by atoms with Gasteiger partial charge in [-0.1, -0.05) is 19.1 Å². The molecule has 1 aromatic heterocycles. The van der Waals surface area contributed by atoms with Gasteiger partial charge in [0.05, 0.1) is 11.0 Å². The Bertz CT molecular complexity index is 602. The fourth-order valence-electron chi connectivity index (χ4n) is 2.96. The van der Waals surface area contributed by atoms with Gasteiger partial charge in [0.15, 0.2) is 0 Å². The molecule has 21 heavy (non-hydrogen) atoms. The molecule has 0 saturated heterocycles. The number of imidazole rings is 1. The normalized spacial score (nSPS) is 16.3. The first-order chi connectivity index (χ1) is 9.93. The number of aromatic nitrogens is 2. The van der Waals surface area contributed by atoms with Crippen LogP contribution in [0.1, 0.15) is 33.0 Å². The maximum Gasteiger partial charge on any atom is 0.111 e. The summed E-state index contributed by atoms with van der Waals surface area (Å²) in [7, 11) is 4.21. The maximum atomic E-state index is 6.55. The van der Waals surface area contributed by atoms with E-state index in [4.69, 9.17) is 10.7 Å². The molecule has 4 nitrogen and oxygen atoms in total. The van der Waals surface area contributed by atoms with Crippen molar-refractivity contribution < 1.29 is 0 Å². The third kappa shape index (κ3) is 2.83. The number of likely N-dealkylation sites (N-methyl/N-ethyl adjacent to an activating group) is 1. The quantitative estimate of drug-likeness (QED) is 0.889. The number of aryl methyl sites for hydroxylation is 1. The fourth-order valence-corrected chi connectivity index (χ4v) is 2.96. The van der Waals surface area contributed by atoms with Gasteiger partial charge in [-0.3, -0.25) is 0 Å². The van der Waals surface area contributed by atoms with Crippen molar-refractivity contribution in [3.05, 3.63) is 30.1 Å². The van der Waals surface area contributed by atoms with E-state index in [1.807, 2.05) is 6.07 Å². The summed E-state index contributed by atoms with van der Waals surface area (Å²) in [4.78, 5) is 7.03. The standard InChI is InChI=1S/C17H28N4/c1-6-17(3,20(4)5)15(18)12-16-19-13-10-8-9-11-14(13)21(16)7-2/h8-11,15H,6-7,12,18H2,1-5H3. The Morgan fingerprint density at radius 2 is 1.95 bits per heavy atom. The van der Waals surface area contributed by atoms with Crippen molar-refractivity contribution in [3.63, 3.8) is 0 Å². The second-order valence-electron chi connectivity index (χ2n) is 6.18. The van der Waals surface area contributed by atoms with Crippen molar-refractivity contribution in [3.8, 4) is 0 Å².